The van der Waals surface area contributed by atoms with E-state index in [0.717, 1.165) is 18.9 Å². The number of unbranched alkanes of at least 4 members (excludes halogenated alkanes) is 1. The number of hydrogen-bond acceptors (Lipinski definition) is 2. The lowest BCUT2D eigenvalue weighted by Crippen LogP contribution is -2.22. The number of hydrogen-bond donors (Lipinski definition) is 1. The van der Waals surface area contributed by atoms with Crippen molar-refractivity contribution >= 4 is 0 Å². The second-order valence-electron chi connectivity index (χ2n) is 4.65. The van der Waals surface area contributed by atoms with Gasteiger partial charge in [0.05, 0.1) is 6.61 Å². The van der Waals surface area contributed by atoms with E-state index < -0.39 is 0 Å². The van der Waals surface area contributed by atoms with E-state index in [1.54, 1.807) is 0 Å². The van der Waals surface area contributed by atoms with E-state index >= 15 is 0 Å². The molecular formula is C16H27NO. The lowest BCUT2D eigenvalue weighted by molar-refractivity contribution is 0.339. The Morgan fingerprint density at radius 3 is 2.67 bits per heavy atom. The minimum Gasteiger partial charge on any atom is -0.494 e. The summed E-state index contributed by atoms with van der Waals surface area (Å²) in [7, 11) is 0. The molecule has 1 aromatic rings. The summed E-state index contributed by atoms with van der Waals surface area (Å²) < 4.78 is 5.58. The first-order chi connectivity index (χ1) is 8.81. The topological polar surface area (TPSA) is 21.3 Å². The lowest BCUT2D eigenvalue weighted by atomic mass is 10.0. The van der Waals surface area contributed by atoms with Gasteiger partial charge in [-0.25, -0.2) is 0 Å². The first-order valence-electron chi connectivity index (χ1n) is 7.27. The van der Waals surface area contributed by atoms with Crippen molar-refractivity contribution in [3.8, 4) is 5.75 Å². The molecule has 0 fully saturated rings. The van der Waals surface area contributed by atoms with Gasteiger partial charge in [0.2, 0.25) is 0 Å². The summed E-state index contributed by atoms with van der Waals surface area (Å²) in [6.45, 7) is 8.28. The second kappa shape index (κ2) is 8.98. The summed E-state index contributed by atoms with van der Waals surface area (Å²) in [5.74, 6) is 0.981. The molecule has 1 unspecified atom stereocenters. The quantitative estimate of drug-likeness (QED) is 0.704. The zero-order chi connectivity index (χ0) is 13.2. The minimum atomic E-state index is 0.463. The van der Waals surface area contributed by atoms with Crippen molar-refractivity contribution in [2.75, 3.05) is 13.2 Å². The van der Waals surface area contributed by atoms with Gasteiger partial charge in [-0.05, 0) is 44.0 Å². The zero-order valence-corrected chi connectivity index (χ0v) is 12.0. The summed E-state index contributed by atoms with van der Waals surface area (Å²) in [5, 5.41) is 3.63. The molecule has 2 heteroatoms. The van der Waals surface area contributed by atoms with Crippen LogP contribution in [0.15, 0.2) is 24.3 Å². The van der Waals surface area contributed by atoms with E-state index in [0.29, 0.717) is 6.04 Å². The Morgan fingerprint density at radius 1 is 1.17 bits per heavy atom. The maximum atomic E-state index is 5.58. The van der Waals surface area contributed by atoms with E-state index in [9.17, 15) is 0 Å². The average molecular weight is 249 g/mol. The zero-order valence-electron chi connectivity index (χ0n) is 12.0. The van der Waals surface area contributed by atoms with Crippen LogP contribution >= 0.6 is 0 Å². The van der Waals surface area contributed by atoms with E-state index in [1.807, 2.05) is 13.0 Å². The molecule has 18 heavy (non-hydrogen) atoms. The van der Waals surface area contributed by atoms with Crippen LogP contribution in [0.5, 0.6) is 5.75 Å². The predicted molar refractivity (Wildman–Crippen MR) is 78.2 cm³/mol. The van der Waals surface area contributed by atoms with Crippen molar-refractivity contribution in [3.05, 3.63) is 29.8 Å². The summed E-state index contributed by atoms with van der Waals surface area (Å²) in [6, 6.07) is 8.96. The average Bonchev–Trinajstić information content (AvgIpc) is 2.40. The summed E-state index contributed by atoms with van der Waals surface area (Å²) in [5.41, 5.74) is 1.35. The Hall–Kier alpha value is -1.02. The van der Waals surface area contributed by atoms with Gasteiger partial charge in [0.15, 0.2) is 0 Å². The summed E-state index contributed by atoms with van der Waals surface area (Å²) in [4.78, 5) is 0. The van der Waals surface area contributed by atoms with Crippen molar-refractivity contribution in [1.82, 2.24) is 5.32 Å². The molecule has 1 rings (SSSR count). The molecule has 0 saturated heterocycles. The summed E-state index contributed by atoms with van der Waals surface area (Å²) in [6.07, 6.45) is 4.88. The van der Waals surface area contributed by atoms with Gasteiger partial charge < -0.3 is 10.1 Å². The molecule has 0 heterocycles. The molecule has 0 aliphatic rings. The largest absolute Gasteiger partial charge is 0.494 e. The van der Waals surface area contributed by atoms with Gasteiger partial charge in [-0.3, -0.25) is 0 Å². The molecule has 102 valence electrons. The standard InChI is InChI=1S/C16H27NO/c1-4-7-11-16(17-12-5-2)14-9-8-10-15(13-14)18-6-3/h8-10,13,16-17H,4-7,11-12H2,1-3H3. The van der Waals surface area contributed by atoms with Crippen LogP contribution in [0.4, 0.5) is 0 Å². The SMILES string of the molecule is CCCCC(NCCC)c1cccc(OCC)c1. The molecule has 0 aliphatic carbocycles. The fraction of sp³-hybridized carbons (Fsp3) is 0.625. The maximum absolute atomic E-state index is 5.58. The molecule has 0 bridgehead atoms. The Bertz CT molecular complexity index is 317. The van der Waals surface area contributed by atoms with Crippen LogP contribution in [0.25, 0.3) is 0 Å². The van der Waals surface area contributed by atoms with Gasteiger partial charge in [0.25, 0.3) is 0 Å². The smallest absolute Gasteiger partial charge is 0.119 e. The van der Waals surface area contributed by atoms with E-state index in [2.05, 4.69) is 37.4 Å². The van der Waals surface area contributed by atoms with Crippen LogP contribution in [0.2, 0.25) is 0 Å². The monoisotopic (exact) mass is 249 g/mol. The molecule has 0 aliphatic heterocycles. The fourth-order valence-corrected chi connectivity index (χ4v) is 2.10. The van der Waals surface area contributed by atoms with Crippen LogP contribution in [-0.4, -0.2) is 13.2 Å². The van der Waals surface area contributed by atoms with Crippen LogP contribution in [0.3, 0.4) is 0 Å². The van der Waals surface area contributed by atoms with Crippen LogP contribution in [0, 0.1) is 0 Å². The fourth-order valence-electron chi connectivity index (χ4n) is 2.10. The highest BCUT2D eigenvalue weighted by molar-refractivity contribution is 5.30. The molecule has 0 radical (unpaired) electrons. The first kappa shape index (κ1) is 15.0. The third kappa shape index (κ3) is 5.09. The van der Waals surface area contributed by atoms with Crippen molar-refractivity contribution in [3.63, 3.8) is 0 Å². The molecule has 2 nitrogen and oxygen atoms in total. The highest BCUT2D eigenvalue weighted by atomic mass is 16.5. The number of rotatable bonds is 9. The van der Waals surface area contributed by atoms with Crippen LogP contribution in [-0.2, 0) is 0 Å². The van der Waals surface area contributed by atoms with E-state index in [1.165, 1.54) is 31.2 Å². The molecule has 1 atom stereocenters. The Labute approximate surface area is 112 Å². The van der Waals surface area contributed by atoms with Crippen molar-refractivity contribution < 1.29 is 4.74 Å². The Kier molecular flexibility index (Phi) is 7.51. The van der Waals surface area contributed by atoms with Crippen molar-refractivity contribution in [2.45, 2.75) is 52.5 Å². The van der Waals surface area contributed by atoms with Crippen LogP contribution < -0.4 is 10.1 Å². The maximum Gasteiger partial charge on any atom is 0.119 e. The predicted octanol–water partition coefficient (Wildman–Crippen LogP) is 4.32. The van der Waals surface area contributed by atoms with Crippen molar-refractivity contribution in [1.29, 1.82) is 0 Å². The second-order valence-corrected chi connectivity index (χ2v) is 4.65. The van der Waals surface area contributed by atoms with Gasteiger partial charge in [0, 0.05) is 6.04 Å². The first-order valence-corrected chi connectivity index (χ1v) is 7.27. The third-order valence-electron chi connectivity index (χ3n) is 3.06. The highest BCUT2D eigenvalue weighted by Gasteiger charge is 2.10. The number of ether oxygens (including phenoxy) is 1. The van der Waals surface area contributed by atoms with Gasteiger partial charge in [-0.1, -0.05) is 38.8 Å². The lowest BCUT2D eigenvalue weighted by Gasteiger charge is -2.19. The molecule has 0 amide bonds. The van der Waals surface area contributed by atoms with E-state index in [4.69, 9.17) is 4.74 Å². The van der Waals surface area contributed by atoms with Crippen LogP contribution in [0.1, 0.15) is 58.1 Å². The molecule has 0 aromatic heterocycles. The molecule has 1 N–H and O–H groups in total. The molecule has 0 spiro atoms. The molecular weight excluding hydrogens is 222 g/mol. The van der Waals surface area contributed by atoms with Gasteiger partial charge >= 0.3 is 0 Å². The molecule has 1 aromatic carbocycles. The number of nitrogens with one attached hydrogen (secondary N) is 1. The minimum absolute atomic E-state index is 0.463. The van der Waals surface area contributed by atoms with E-state index in [-0.39, 0.29) is 0 Å². The van der Waals surface area contributed by atoms with Gasteiger partial charge in [-0.15, -0.1) is 0 Å². The number of benzene rings is 1. The Morgan fingerprint density at radius 2 is 2.00 bits per heavy atom. The van der Waals surface area contributed by atoms with Gasteiger partial charge in [-0.2, -0.15) is 0 Å². The summed E-state index contributed by atoms with van der Waals surface area (Å²) >= 11 is 0. The normalized spacial score (nSPS) is 12.4. The highest BCUT2D eigenvalue weighted by Crippen LogP contribution is 2.23. The van der Waals surface area contributed by atoms with Crippen molar-refractivity contribution in [2.24, 2.45) is 0 Å². The molecule has 0 saturated carbocycles. The third-order valence-corrected chi connectivity index (χ3v) is 3.06. The van der Waals surface area contributed by atoms with Gasteiger partial charge in [0.1, 0.15) is 5.75 Å². The Balaban J connectivity index is 2.72.